The van der Waals surface area contributed by atoms with E-state index in [4.69, 9.17) is 9.47 Å². The zero-order valence-electron chi connectivity index (χ0n) is 11.9. The quantitative estimate of drug-likeness (QED) is 0.746. The monoisotopic (exact) mass is 285 g/mol. The van der Waals surface area contributed by atoms with E-state index in [1.54, 1.807) is 0 Å². The lowest BCUT2D eigenvalue weighted by Crippen LogP contribution is -2.51. The van der Waals surface area contributed by atoms with Crippen molar-refractivity contribution in [2.75, 3.05) is 33.0 Å². The lowest BCUT2D eigenvalue weighted by Gasteiger charge is -2.37. The molecule has 1 aliphatic heterocycles. The molecule has 1 heterocycles. The molecule has 0 spiro atoms. The van der Waals surface area contributed by atoms with Crippen molar-refractivity contribution in [3.8, 4) is 0 Å². The first kappa shape index (κ1) is 14.3. The van der Waals surface area contributed by atoms with Crippen LogP contribution in [-0.4, -0.2) is 56.0 Å². The Morgan fingerprint density at radius 2 is 2.05 bits per heavy atom. The number of alkyl halides is 1. The summed E-state index contributed by atoms with van der Waals surface area (Å²) in [6, 6.07) is 0.136. The molecule has 3 unspecified atom stereocenters. The van der Waals surface area contributed by atoms with E-state index in [0.717, 1.165) is 32.0 Å². The van der Waals surface area contributed by atoms with Gasteiger partial charge in [-0.15, -0.1) is 0 Å². The van der Waals surface area contributed by atoms with Crippen molar-refractivity contribution >= 4 is 5.91 Å². The molecule has 3 atom stereocenters. The van der Waals surface area contributed by atoms with Crippen molar-refractivity contribution < 1.29 is 18.7 Å². The average Bonchev–Trinajstić information content (AvgIpc) is 3.16. The molecule has 1 saturated heterocycles. The Bertz CT molecular complexity index is 348. The van der Waals surface area contributed by atoms with Crippen LogP contribution in [0.25, 0.3) is 0 Å². The maximum Gasteiger partial charge on any atom is 0.225 e. The predicted octanol–water partition coefficient (Wildman–Crippen LogP) is 1.78. The van der Waals surface area contributed by atoms with Crippen LogP contribution < -0.4 is 0 Å². The van der Waals surface area contributed by atoms with E-state index in [2.05, 4.69) is 0 Å². The number of carbonyl (C=O) groups excluding carboxylic acids is 1. The van der Waals surface area contributed by atoms with E-state index in [1.165, 1.54) is 12.8 Å². The molecule has 114 valence electrons. The molecule has 0 aromatic heterocycles. The summed E-state index contributed by atoms with van der Waals surface area (Å²) in [5.74, 6) is 1.20. The zero-order valence-corrected chi connectivity index (χ0v) is 11.9. The molecule has 0 bridgehead atoms. The molecule has 0 N–H and O–H groups in total. The van der Waals surface area contributed by atoms with Crippen LogP contribution in [0, 0.1) is 11.8 Å². The highest BCUT2D eigenvalue weighted by Gasteiger charge is 2.42. The van der Waals surface area contributed by atoms with Crippen LogP contribution in [0.5, 0.6) is 0 Å². The van der Waals surface area contributed by atoms with Gasteiger partial charge in [-0.25, -0.2) is 0 Å². The molecule has 0 radical (unpaired) electrons. The number of nitrogens with zero attached hydrogens (tertiary/aromatic N) is 1. The molecule has 1 amide bonds. The minimum Gasteiger partial charge on any atom is -0.381 e. The third-order valence-corrected chi connectivity index (χ3v) is 4.67. The predicted molar refractivity (Wildman–Crippen MR) is 72.1 cm³/mol. The Kier molecular flexibility index (Phi) is 4.56. The first-order valence-electron chi connectivity index (χ1n) is 7.82. The van der Waals surface area contributed by atoms with Crippen LogP contribution in [0.3, 0.4) is 0 Å². The number of rotatable bonds is 6. The Hall–Kier alpha value is -0.680. The number of carbonyl (C=O) groups is 1. The molecule has 2 aliphatic carbocycles. The zero-order chi connectivity index (χ0) is 13.9. The highest BCUT2D eigenvalue weighted by molar-refractivity contribution is 5.76. The van der Waals surface area contributed by atoms with Crippen molar-refractivity contribution in [2.45, 2.75) is 44.2 Å². The molecule has 20 heavy (non-hydrogen) atoms. The van der Waals surface area contributed by atoms with Gasteiger partial charge in [0.2, 0.25) is 5.91 Å². The number of ether oxygens (including phenoxy) is 2. The van der Waals surface area contributed by atoms with Gasteiger partial charge in [0.15, 0.2) is 0 Å². The van der Waals surface area contributed by atoms with Gasteiger partial charge in [0.05, 0.1) is 31.8 Å². The van der Waals surface area contributed by atoms with Crippen LogP contribution in [0.2, 0.25) is 0 Å². The first-order valence-corrected chi connectivity index (χ1v) is 7.82. The molecule has 0 aromatic carbocycles. The second-order valence-electron chi connectivity index (χ2n) is 6.32. The number of fused-ring (bicyclic) bond motifs is 1. The lowest BCUT2D eigenvalue weighted by atomic mass is 10.1. The normalized spacial score (nSPS) is 33.2. The van der Waals surface area contributed by atoms with E-state index in [1.807, 2.05) is 4.90 Å². The number of hydrogen-bond donors (Lipinski definition) is 0. The number of amides is 1. The van der Waals surface area contributed by atoms with Gasteiger partial charge in [-0.2, -0.15) is 0 Å². The number of halogens is 1. The van der Waals surface area contributed by atoms with Crippen LogP contribution in [0.4, 0.5) is 4.39 Å². The summed E-state index contributed by atoms with van der Waals surface area (Å²) < 4.78 is 23.9. The van der Waals surface area contributed by atoms with Crippen molar-refractivity contribution in [1.29, 1.82) is 0 Å². The number of morpholine rings is 1. The topological polar surface area (TPSA) is 38.8 Å². The standard InChI is InChI=1S/C15H24FNO3/c16-4-3-15(18)17-5-6-20-14-8-12(7-13(14)17)10-19-9-11-1-2-11/h11-14H,1-10H2. The van der Waals surface area contributed by atoms with Crippen LogP contribution in [0.15, 0.2) is 0 Å². The average molecular weight is 285 g/mol. The second-order valence-corrected chi connectivity index (χ2v) is 6.32. The summed E-state index contributed by atoms with van der Waals surface area (Å²) in [5, 5.41) is 0. The fraction of sp³-hybridized carbons (Fsp3) is 0.933. The summed E-state index contributed by atoms with van der Waals surface area (Å²) in [7, 11) is 0. The lowest BCUT2D eigenvalue weighted by molar-refractivity contribution is -0.144. The van der Waals surface area contributed by atoms with Crippen molar-refractivity contribution in [1.82, 2.24) is 4.90 Å². The van der Waals surface area contributed by atoms with Crippen molar-refractivity contribution in [3.05, 3.63) is 0 Å². The van der Waals surface area contributed by atoms with Crippen molar-refractivity contribution in [2.24, 2.45) is 11.8 Å². The minimum absolute atomic E-state index is 0.00602. The van der Waals surface area contributed by atoms with E-state index in [-0.39, 0.29) is 24.5 Å². The number of hydrogen-bond acceptors (Lipinski definition) is 3. The van der Waals surface area contributed by atoms with E-state index in [9.17, 15) is 9.18 Å². The van der Waals surface area contributed by atoms with E-state index in [0.29, 0.717) is 19.1 Å². The first-order chi connectivity index (χ1) is 9.78. The summed E-state index contributed by atoms with van der Waals surface area (Å²) >= 11 is 0. The van der Waals surface area contributed by atoms with Gasteiger partial charge < -0.3 is 14.4 Å². The summed E-state index contributed by atoms with van der Waals surface area (Å²) in [6.45, 7) is 2.28. The molecule has 5 heteroatoms. The molecule has 0 aromatic rings. The van der Waals surface area contributed by atoms with Gasteiger partial charge in [-0.1, -0.05) is 0 Å². The molecular weight excluding hydrogens is 261 g/mol. The third kappa shape index (κ3) is 3.31. The molecule has 4 nitrogen and oxygen atoms in total. The van der Waals surface area contributed by atoms with Gasteiger partial charge in [-0.05, 0) is 37.5 Å². The summed E-state index contributed by atoms with van der Waals surface area (Å²) in [4.78, 5) is 13.8. The van der Waals surface area contributed by atoms with Gasteiger partial charge in [-0.3, -0.25) is 9.18 Å². The summed E-state index contributed by atoms with van der Waals surface area (Å²) in [6.07, 6.45) is 4.66. The largest absolute Gasteiger partial charge is 0.381 e. The third-order valence-electron chi connectivity index (χ3n) is 4.67. The van der Waals surface area contributed by atoms with Crippen LogP contribution in [0.1, 0.15) is 32.1 Å². The van der Waals surface area contributed by atoms with Gasteiger partial charge >= 0.3 is 0 Å². The van der Waals surface area contributed by atoms with Crippen molar-refractivity contribution in [3.63, 3.8) is 0 Å². The Balaban J connectivity index is 1.49. The smallest absolute Gasteiger partial charge is 0.225 e. The highest BCUT2D eigenvalue weighted by Crippen LogP contribution is 2.35. The SMILES string of the molecule is O=C(CCF)N1CCOC2CC(COCC3CC3)CC21. The van der Waals surface area contributed by atoms with E-state index >= 15 is 0 Å². The highest BCUT2D eigenvalue weighted by atomic mass is 19.1. The minimum atomic E-state index is -0.568. The van der Waals surface area contributed by atoms with Gasteiger partial charge in [0, 0.05) is 19.8 Å². The molecule has 3 rings (SSSR count). The summed E-state index contributed by atoms with van der Waals surface area (Å²) in [5.41, 5.74) is 0. The molecule has 3 fully saturated rings. The van der Waals surface area contributed by atoms with Crippen LogP contribution in [-0.2, 0) is 14.3 Å². The Morgan fingerprint density at radius 3 is 2.80 bits per heavy atom. The fourth-order valence-electron chi connectivity index (χ4n) is 3.41. The maximum atomic E-state index is 12.4. The van der Waals surface area contributed by atoms with E-state index < -0.39 is 6.67 Å². The second kappa shape index (κ2) is 6.39. The molecule has 2 saturated carbocycles. The Morgan fingerprint density at radius 1 is 1.25 bits per heavy atom. The molecular formula is C15H24FNO3. The van der Waals surface area contributed by atoms with Crippen LogP contribution >= 0.6 is 0 Å². The Labute approximate surface area is 119 Å². The maximum absolute atomic E-state index is 12.4. The molecule has 3 aliphatic rings. The fourth-order valence-corrected chi connectivity index (χ4v) is 3.41. The van der Waals surface area contributed by atoms with Gasteiger partial charge in [0.25, 0.3) is 0 Å². The van der Waals surface area contributed by atoms with Gasteiger partial charge in [0.1, 0.15) is 0 Å².